The first-order chi connectivity index (χ1) is 16.0. The predicted molar refractivity (Wildman–Crippen MR) is 129 cm³/mol. The molecule has 0 saturated heterocycles. The summed E-state index contributed by atoms with van der Waals surface area (Å²) in [4.78, 5) is 15.4. The molecule has 4 nitrogen and oxygen atoms in total. The second kappa shape index (κ2) is 8.93. The first kappa shape index (κ1) is 21.6. The molecule has 2 N–H and O–H groups in total. The molecule has 0 aromatic heterocycles. The predicted octanol–water partition coefficient (Wildman–Crippen LogP) is 6.27. The summed E-state index contributed by atoms with van der Waals surface area (Å²) in [5.74, 6) is 0.272. The van der Waals surface area contributed by atoms with E-state index in [1.165, 1.54) is 67.0 Å². The fourth-order valence-electron chi connectivity index (χ4n) is 5.51. The third kappa shape index (κ3) is 4.35. The highest BCUT2D eigenvalue weighted by atomic mass is 16.3. The Bertz CT molecular complexity index is 1160. The van der Waals surface area contributed by atoms with Gasteiger partial charge in [-0.1, -0.05) is 80.1 Å². The van der Waals surface area contributed by atoms with Crippen LogP contribution < -0.4 is 0 Å². The number of hydrogen-bond donors (Lipinski definition) is 2. The minimum atomic E-state index is -0.233. The number of hydrogen-bond acceptors (Lipinski definition) is 3. The highest BCUT2D eigenvalue weighted by molar-refractivity contribution is 5.98. The van der Waals surface area contributed by atoms with Crippen LogP contribution in [-0.4, -0.2) is 21.0 Å². The first-order valence-corrected chi connectivity index (χ1v) is 12.0. The van der Waals surface area contributed by atoms with Crippen LogP contribution in [0.25, 0.3) is 0 Å². The lowest BCUT2D eigenvalue weighted by Gasteiger charge is -2.26. The van der Waals surface area contributed by atoms with Gasteiger partial charge in [0.05, 0.1) is 11.6 Å². The molecule has 1 amide bonds. The summed E-state index contributed by atoms with van der Waals surface area (Å²) in [5.41, 5.74) is 6.13. The second-order valence-electron chi connectivity index (χ2n) is 9.69. The summed E-state index contributed by atoms with van der Waals surface area (Å²) in [7, 11) is 0. The average Bonchev–Trinajstić information content (AvgIpc) is 3.19. The highest BCUT2D eigenvalue weighted by Crippen LogP contribution is 2.41. The van der Waals surface area contributed by atoms with E-state index in [-0.39, 0.29) is 29.0 Å². The molecule has 4 heteroatoms. The van der Waals surface area contributed by atoms with Gasteiger partial charge in [0.15, 0.2) is 0 Å². The van der Waals surface area contributed by atoms with Crippen molar-refractivity contribution in [1.82, 2.24) is 4.90 Å². The van der Waals surface area contributed by atoms with Crippen molar-refractivity contribution in [2.75, 3.05) is 0 Å². The van der Waals surface area contributed by atoms with E-state index in [0.29, 0.717) is 6.54 Å². The van der Waals surface area contributed by atoms with E-state index in [2.05, 4.69) is 49.4 Å². The van der Waals surface area contributed by atoms with Gasteiger partial charge in [-0.2, -0.15) is 0 Å². The number of nitrogens with zero attached hydrogens (tertiary/aromatic N) is 1. The largest absolute Gasteiger partial charge is 0.508 e. The molecule has 3 aromatic rings. The Labute approximate surface area is 195 Å². The van der Waals surface area contributed by atoms with Crippen LogP contribution in [0.5, 0.6) is 11.5 Å². The van der Waals surface area contributed by atoms with Crippen LogP contribution in [0.2, 0.25) is 0 Å². The summed E-state index contributed by atoms with van der Waals surface area (Å²) in [5, 5.41) is 20.0. The van der Waals surface area contributed by atoms with E-state index in [9.17, 15) is 15.0 Å². The highest BCUT2D eigenvalue weighted by Gasteiger charge is 2.36. The van der Waals surface area contributed by atoms with E-state index in [4.69, 9.17) is 0 Å². The molecule has 1 atom stereocenters. The molecule has 0 unspecified atom stereocenters. The minimum Gasteiger partial charge on any atom is -0.508 e. The van der Waals surface area contributed by atoms with Crippen molar-refractivity contribution in [3.63, 3.8) is 0 Å². The van der Waals surface area contributed by atoms with Crippen molar-refractivity contribution < 1.29 is 15.0 Å². The van der Waals surface area contributed by atoms with Crippen molar-refractivity contribution in [1.29, 1.82) is 0 Å². The molecule has 3 aromatic carbocycles. The lowest BCUT2D eigenvalue weighted by atomic mass is 9.84. The number of aryl methyl sites for hydroxylation is 1. The van der Waals surface area contributed by atoms with E-state index >= 15 is 0 Å². The number of carbonyl (C=O) groups excluding carboxylic acids is 1. The fraction of sp³-hybridized carbons (Fsp3) is 0.345. The Balaban J connectivity index is 1.50. The molecular formula is C29H31NO3. The number of carbonyl (C=O) groups is 1. The summed E-state index contributed by atoms with van der Waals surface area (Å²) >= 11 is 0. The van der Waals surface area contributed by atoms with Crippen LogP contribution >= 0.6 is 0 Å². The number of phenolic OH excluding ortho intramolecular Hbond substituents is 2. The first-order valence-electron chi connectivity index (χ1n) is 12.0. The maximum atomic E-state index is 13.6. The van der Waals surface area contributed by atoms with Crippen molar-refractivity contribution >= 4 is 5.91 Å². The van der Waals surface area contributed by atoms with E-state index in [1.807, 2.05) is 4.90 Å². The van der Waals surface area contributed by atoms with Crippen LogP contribution in [0, 0.1) is 12.8 Å². The van der Waals surface area contributed by atoms with Crippen molar-refractivity contribution in [3.05, 3.63) is 94.0 Å². The van der Waals surface area contributed by atoms with Crippen LogP contribution in [0.3, 0.4) is 0 Å². The van der Waals surface area contributed by atoms with Gasteiger partial charge in [-0.3, -0.25) is 4.79 Å². The molecule has 2 aliphatic rings. The Morgan fingerprint density at radius 1 is 0.939 bits per heavy atom. The summed E-state index contributed by atoms with van der Waals surface area (Å²) in [6.45, 7) is 2.56. The topological polar surface area (TPSA) is 60.8 Å². The molecule has 1 aliphatic carbocycles. The van der Waals surface area contributed by atoms with Gasteiger partial charge in [-0.15, -0.1) is 0 Å². The minimum absolute atomic E-state index is 0.0591. The summed E-state index contributed by atoms with van der Waals surface area (Å²) in [6, 6.07) is 19.0. The molecule has 1 heterocycles. The van der Waals surface area contributed by atoms with Gasteiger partial charge < -0.3 is 15.1 Å². The normalized spacial score (nSPS) is 18.3. The quantitative estimate of drug-likeness (QED) is 0.501. The van der Waals surface area contributed by atoms with Crippen LogP contribution in [0.4, 0.5) is 0 Å². The SMILES string of the molecule is Cc1ccc([C@H]2c3ccc(CC4CCCCC4)cc3CN2C(=O)c2ccc(O)cc2O)cc1. The van der Waals surface area contributed by atoms with Gasteiger partial charge in [0.25, 0.3) is 5.91 Å². The Morgan fingerprint density at radius 2 is 1.70 bits per heavy atom. The number of rotatable bonds is 4. The maximum absolute atomic E-state index is 13.6. The van der Waals surface area contributed by atoms with Crippen LogP contribution in [0.15, 0.2) is 60.7 Å². The molecule has 1 aliphatic heterocycles. The van der Waals surface area contributed by atoms with Gasteiger partial charge >= 0.3 is 0 Å². The molecule has 1 saturated carbocycles. The van der Waals surface area contributed by atoms with E-state index < -0.39 is 0 Å². The monoisotopic (exact) mass is 441 g/mol. The zero-order valence-electron chi connectivity index (χ0n) is 19.1. The fourth-order valence-corrected chi connectivity index (χ4v) is 5.51. The molecule has 1 fully saturated rings. The Kier molecular flexibility index (Phi) is 5.84. The van der Waals surface area contributed by atoms with Crippen molar-refractivity contribution in [2.45, 2.75) is 58.0 Å². The third-order valence-corrected chi connectivity index (χ3v) is 7.27. The van der Waals surface area contributed by atoms with Crippen molar-refractivity contribution in [3.8, 4) is 11.5 Å². The van der Waals surface area contributed by atoms with Gasteiger partial charge in [-0.25, -0.2) is 0 Å². The lowest BCUT2D eigenvalue weighted by Crippen LogP contribution is -2.30. The molecule has 0 spiro atoms. The van der Waals surface area contributed by atoms with Gasteiger partial charge in [0.2, 0.25) is 0 Å². The maximum Gasteiger partial charge on any atom is 0.258 e. The number of phenols is 2. The number of amides is 1. The second-order valence-corrected chi connectivity index (χ2v) is 9.69. The van der Waals surface area contributed by atoms with E-state index in [0.717, 1.165) is 23.5 Å². The van der Waals surface area contributed by atoms with Crippen LogP contribution in [0.1, 0.15) is 76.3 Å². The van der Waals surface area contributed by atoms with Gasteiger partial charge in [0, 0.05) is 12.6 Å². The van der Waals surface area contributed by atoms with Gasteiger partial charge in [-0.05, 0) is 53.6 Å². The van der Waals surface area contributed by atoms with Crippen molar-refractivity contribution in [2.24, 2.45) is 5.92 Å². The molecule has 0 bridgehead atoms. The molecule has 170 valence electrons. The number of fused-ring (bicyclic) bond motifs is 1. The Hall–Kier alpha value is -3.27. The smallest absolute Gasteiger partial charge is 0.258 e. The molecule has 0 radical (unpaired) electrons. The average molecular weight is 442 g/mol. The summed E-state index contributed by atoms with van der Waals surface area (Å²) in [6.07, 6.45) is 7.77. The molecule has 33 heavy (non-hydrogen) atoms. The third-order valence-electron chi connectivity index (χ3n) is 7.27. The summed E-state index contributed by atoms with van der Waals surface area (Å²) < 4.78 is 0. The molecular weight excluding hydrogens is 410 g/mol. The van der Waals surface area contributed by atoms with E-state index in [1.54, 1.807) is 0 Å². The molecule has 5 rings (SSSR count). The number of aromatic hydroxyl groups is 2. The zero-order chi connectivity index (χ0) is 22.9. The Morgan fingerprint density at radius 3 is 2.42 bits per heavy atom. The zero-order valence-corrected chi connectivity index (χ0v) is 19.1. The lowest BCUT2D eigenvalue weighted by molar-refractivity contribution is 0.0715. The van der Waals surface area contributed by atoms with Gasteiger partial charge in [0.1, 0.15) is 11.5 Å². The number of benzene rings is 3. The standard InChI is InChI=1S/C29H31NO3/c1-19-7-10-22(11-8-19)28-25-13-9-21(15-20-5-3-2-4-6-20)16-23(25)18-30(28)29(33)26-14-12-24(31)17-27(26)32/h7-14,16-17,20,28,31-32H,2-6,15,18H2,1H3/t28-/m0/s1. The van der Waals surface area contributed by atoms with Crippen LogP contribution in [-0.2, 0) is 13.0 Å².